The van der Waals surface area contributed by atoms with Gasteiger partial charge in [0.2, 0.25) is 0 Å². The van der Waals surface area contributed by atoms with Crippen LogP contribution in [0.3, 0.4) is 0 Å². The predicted molar refractivity (Wildman–Crippen MR) is 118 cm³/mol. The third-order valence-corrected chi connectivity index (χ3v) is 5.39. The lowest BCUT2D eigenvalue weighted by Crippen LogP contribution is -2.37. The SMILES string of the molecule is CN=Cc1cccc(-c2ncc(CCCOC)nc2N2CCC(C(=O)O)CC2)c1N. The first kappa shape index (κ1) is 21.7. The Morgan fingerprint density at radius 3 is 2.83 bits per heavy atom. The minimum Gasteiger partial charge on any atom is -0.481 e. The van der Waals surface area contributed by atoms with E-state index in [9.17, 15) is 9.90 Å². The summed E-state index contributed by atoms with van der Waals surface area (Å²) in [7, 11) is 3.39. The van der Waals surface area contributed by atoms with Crippen LogP contribution in [0.4, 0.5) is 11.5 Å². The lowest BCUT2D eigenvalue weighted by atomic mass is 9.96. The number of ether oxygens (including phenoxy) is 1. The van der Waals surface area contributed by atoms with Crippen molar-refractivity contribution in [1.82, 2.24) is 9.97 Å². The third-order valence-electron chi connectivity index (χ3n) is 5.39. The fourth-order valence-electron chi connectivity index (χ4n) is 3.72. The molecule has 0 atom stereocenters. The Labute approximate surface area is 176 Å². The second kappa shape index (κ2) is 10.2. The number of aliphatic carboxylic acids is 1. The van der Waals surface area contributed by atoms with Crippen LogP contribution in [0.5, 0.6) is 0 Å². The minimum absolute atomic E-state index is 0.309. The van der Waals surface area contributed by atoms with Crippen molar-refractivity contribution in [1.29, 1.82) is 0 Å². The molecule has 1 aromatic heterocycles. The molecule has 160 valence electrons. The first-order chi connectivity index (χ1) is 14.5. The van der Waals surface area contributed by atoms with Gasteiger partial charge in [0.05, 0.1) is 11.6 Å². The molecule has 0 amide bonds. The monoisotopic (exact) mass is 411 g/mol. The van der Waals surface area contributed by atoms with Crippen molar-refractivity contribution in [3.63, 3.8) is 0 Å². The number of hydrogen-bond acceptors (Lipinski definition) is 7. The van der Waals surface area contributed by atoms with Gasteiger partial charge in [0.15, 0.2) is 5.82 Å². The number of methoxy groups -OCH3 is 1. The number of para-hydroxylation sites is 1. The average molecular weight is 412 g/mol. The van der Waals surface area contributed by atoms with Crippen LogP contribution in [-0.4, -0.2) is 61.1 Å². The van der Waals surface area contributed by atoms with Crippen LogP contribution in [0.25, 0.3) is 11.3 Å². The molecule has 1 saturated heterocycles. The van der Waals surface area contributed by atoms with Gasteiger partial charge >= 0.3 is 5.97 Å². The number of hydrogen-bond donors (Lipinski definition) is 2. The Morgan fingerprint density at radius 1 is 1.40 bits per heavy atom. The zero-order chi connectivity index (χ0) is 21.5. The molecule has 0 saturated carbocycles. The number of aromatic nitrogens is 2. The Hall–Kier alpha value is -3.00. The first-order valence-corrected chi connectivity index (χ1v) is 10.2. The number of benzene rings is 1. The molecular weight excluding hydrogens is 382 g/mol. The van der Waals surface area contributed by atoms with Crippen molar-refractivity contribution in [3.05, 3.63) is 35.7 Å². The number of carbonyl (C=O) groups is 1. The van der Waals surface area contributed by atoms with Gasteiger partial charge in [-0.1, -0.05) is 18.2 Å². The van der Waals surface area contributed by atoms with E-state index in [-0.39, 0.29) is 5.92 Å². The summed E-state index contributed by atoms with van der Waals surface area (Å²) in [5, 5.41) is 9.32. The molecule has 1 aliphatic rings. The van der Waals surface area contributed by atoms with E-state index in [1.165, 1.54) is 0 Å². The third kappa shape index (κ3) is 4.94. The standard InChI is InChI=1S/C22H29N5O3/c1-24-13-16-5-3-7-18(19(16)23)20-21(26-17(14-25-20)6-4-12-30-2)27-10-8-15(9-11-27)22(28)29/h3,5,7,13-15H,4,6,8-12,23H2,1-2H3,(H,28,29). The summed E-state index contributed by atoms with van der Waals surface area (Å²) in [6.45, 7) is 1.90. The molecule has 0 bridgehead atoms. The number of aliphatic imine (C=N–C) groups is 1. The van der Waals surface area contributed by atoms with Gasteiger partial charge in [-0.05, 0) is 25.7 Å². The molecule has 0 radical (unpaired) electrons. The maximum Gasteiger partial charge on any atom is 0.306 e. The van der Waals surface area contributed by atoms with Crippen molar-refractivity contribution >= 4 is 23.7 Å². The molecule has 1 fully saturated rings. The number of anilines is 2. The predicted octanol–water partition coefficient (Wildman–Crippen LogP) is 2.65. The molecule has 0 aliphatic carbocycles. The van der Waals surface area contributed by atoms with Crippen molar-refractivity contribution in [3.8, 4) is 11.3 Å². The maximum atomic E-state index is 11.3. The number of carboxylic acids is 1. The van der Waals surface area contributed by atoms with E-state index in [4.69, 9.17) is 20.4 Å². The number of rotatable bonds is 8. The van der Waals surface area contributed by atoms with Crippen molar-refractivity contribution in [2.24, 2.45) is 10.9 Å². The highest BCUT2D eigenvalue weighted by Gasteiger charge is 2.27. The number of nitrogens with two attached hydrogens (primary N) is 1. The van der Waals surface area contributed by atoms with E-state index in [2.05, 4.69) is 9.89 Å². The number of nitrogens with zero attached hydrogens (tertiary/aromatic N) is 4. The average Bonchev–Trinajstić information content (AvgIpc) is 2.76. The Morgan fingerprint density at radius 2 is 2.17 bits per heavy atom. The molecule has 3 N–H and O–H groups in total. The molecule has 3 rings (SSSR count). The van der Waals surface area contributed by atoms with Gasteiger partial charge in [0.1, 0.15) is 5.69 Å². The quantitative estimate of drug-likeness (QED) is 0.390. The molecule has 0 spiro atoms. The largest absolute Gasteiger partial charge is 0.481 e. The van der Waals surface area contributed by atoms with Crippen molar-refractivity contribution in [2.45, 2.75) is 25.7 Å². The zero-order valence-electron chi connectivity index (χ0n) is 17.5. The lowest BCUT2D eigenvalue weighted by Gasteiger charge is -2.32. The highest BCUT2D eigenvalue weighted by Crippen LogP contribution is 2.34. The Bertz CT molecular complexity index is 908. The zero-order valence-corrected chi connectivity index (χ0v) is 17.5. The summed E-state index contributed by atoms with van der Waals surface area (Å²) in [5.74, 6) is -0.284. The van der Waals surface area contributed by atoms with Gasteiger partial charge in [-0.3, -0.25) is 14.8 Å². The highest BCUT2D eigenvalue weighted by molar-refractivity contribution is 5.94. The normalized spacial score (nSPS) is 15.1. The van der Waals surface area contributed by atoms with E-state index >= 15 is 0 Å². The summed E-state index contributed by atoms with van der Waals surface area (Å²) in [6, 6.07) is 5.78. The summed E-state index contributed by atoms with van der Waals surface area (Å²) >= 11 is 0. The van der Waals surface area contributed by atoms with Gasteiger partial charge < -0.3 is 20.5 Å². The second-order valence-corrected chi connectivity index (χ2v) is 7.43. The van der Waals surface area contributed by atoms with E-state index in [0.717, 1.165) is 35.5 Å². The summed E-state index contributed by atoms with van der Waals surface area (Å²) in [6.07, 6.45) is 6.31. The van der Waals surface area contributed by atoms with Crippen molar-refractivity contribution in [2.75, 3.05) is 44.5 Å². The molecule has 1 aliphatic heterocycles. The Balaban J connectivity index is 1.98. The summed E-state index contributed by atoms with van der Waals surface area (Å²) in [5.41, 5.74) is 10.3. The molecule has 30 heavy (non-hydrogen) atoms. The molecule has 1 aromatic carbocycles. The second-order valence-electron chi connectivity index (χ2n) is 7.43. The number of nitrogen functional groups attached to an aromatic ring is 1. The van der Waals surface area contributed by atoms with Crippen LogP contribution >= 0.6 is 0 Å². The van der Waals surface area contributed by atoms with Gasteiger partial charge in [-0.15, -0.1) is 0 Å². The summed E-state index contributed by atoms with van der Waals surface area (Å²) in [4.78, 5) is 27.2. The minimum atomic E-state index is -0.731. The Kier molecular flexibility index (Phi) is 7.35. The lowest BCUT2D eigenvalue weighted by molar-refractivity contribution is -0.142. The summed E-state index contributed by atoms with van der Waals surface area (Å²) < 4.78 is 5.15. The van der Waals surface area contributed by atoms with E-state index in [1.54, 1.807) is 26.6 Å². The van der Waals surface area contributed by atoms with Crippen molar-refractivity contribution < 1.29 is 14.6 Å². The maximum absolute atomic E-state index is 11.3. The van der Waals surface area contributed by atoms with E-state index in [0.29, 0.717) is 43.9 Å². The van der Waals surface area contributed by atoms with Gasteiger partial charge in [-0.2, -0.15) is 0 Å². The van der Waals surface area contributed by atoms with Gasteiger partial charge in [0, 0.05) is 63.1 Å². The molecule has 0 unspecified atom stereocenters. The van der Waals surface area contributed by atoms with Crippen LogP contribution in [-0.2, 0) is 16.0 Å². The van der Waals surface area contributed by atoms with E-state index < -0.39 is 5.97 Å². The number of carboxylic acid groups (broad SMARTS) is 1. The van der Waals surface area contributed by atoms with Crippen LogP contribution in [0.1, 0.15) is 30.5 Å². The topological polar surface area (TPSA) is 114 Å². The van der Waals surface area contributed by atoms with Crippen LogP contribution < -0.4 is 10.6 Å². The first-order valence-electron chi connectivity index (χ1n) is 10.2. The van der Waals surface area contributed by atoms with Crippen LogP contribution in [0.15, 0.2) is 29.4 Å². The molecule has 2 heterocycles. The smallest absolute Gasteiger partial charge is 0.306 e. The van der Waals surface area contributed by atoms with Gasteiger partial charge in [0.25, 0.3) is 0 Å². The van der Waals surface area contributed by atoms with Crippen LogP contribution in [0.2, 0.25) is 0 Å². The fourth-order valence-corrected chi connectivity index (χ4v) is 3.72. The fraction of sp³-hybridized carbons (Fsp3) is 0.455. The molecular formula is C22H29N5O3. The van der Waals surface area contributed by atoms with Gasteiger partial charge in [-0.25, -0.2) is 4.98 Å². The molecule has 2 aromatic rings. The van der Waals surface area contributed by atoms with E-state index in [1.807, 2.05) is 18.2 Å². The number of aryl methyl sites for hydroxylation is 1. The van der Waals surface area contributed by atoms with Crippen LogP contribution in [0, 0.1) is 5.92 Å². The molecule has 8 heteroatoms. The highest BCUT2D eigenvalue weighted by atomic mass is 16.5. The molecule has 8 nitrogen and oxygen atoms in total. The number of piperidine rings is 1.